The average Bonchev–Trinajstić information content (AvgIpc) is 2.33. The Morgan fingerprint density at radius 1 is 1.18 bits per heavy atom. The topological polar surface area (TPSA) is 97.7 Å². The van der Waals surface area contributed by atoms with Crippen LogP contribution in [0.5, 0.6) is 0 Å². The van der Waals surface area contributed by atoms with Gasteiger partial charge in [0.25, 0.3) is 6.10 Å². The van der Waals surface area contributed by atoms with Gasteiger partial charge in [-0.1, -0.05) is 0 Å². The molecule has 0 spiro atoms. The minimum Gasteiger partial charge on any atom is -0.444 e. The van der Waals surface area contributed by atoms with Gasteiger partial charge >= 0.3 is 27.5 Å². The van der Waals surface area contributed by atoms with Gasteiger partial charge in [0.2, 0.25) is 0 Å². The normalized spacial score (nSPS) is 19.8. The van der Waals surface area contributed by atoms with Gasteiger partial charge in [-0.3, -0.25) is 14.1 Å². The van der Waals surface area contributed by atoms with Crippen LogP contribution in [-0.2, 0) is 24.4 Å². The molecule has 12 heteroatoms. The van der Waals surface area contributed by atoms with Crippen molar-refractivity contribution in [1.82, 2.24) is 0 Å². The van der Waals surface area contributed by atoms with E-state index in [0.29, 0.717) is 0 Å². The van der Waals surface area contributed by atoms with Gasteiger partial charge in [0, 0.05) is 12.8 Å². The molecule has 22 heavy (non-hydrogen) atoms. The van der Waals surface area contributed by atoms with Crippen LogP contribution in [0.2, 0.25) is 0 Å². The van der Waals surface area contributed by atoms with E-state index in [2.05, 4.69) is 4.74 Å². The number of hydrogen-bond donors (Lipinski definition) is 1. The first-order valence-corrected chi connectivity index (χ1v) is 7.34. The van der Waals surface area contributed by atoms with E-state index in [1.807, 2.05) is 0 Å². The zero-order chi connectivity index (χ0) is 17.3. The van der Waals surface area contributed by atoms with Gasteiger partial charge in [0.1, 0.15) is 5.78 Å². The van der Waals surface area contributed by atoms with Crippen molar-refractivity contribution in [2.75, 3.05) is 0 Å². The maximum atomic E-state index is 13.2. The Morgan fingerprint density at radius 3 is 2.00 bits per heavy atom. The smallest absolute Gasteiger partial charge is 0.432 e. The van der Waals surface area contributed by atoms with Crippen molar-refractivity contribution in [2.45, 2.75) is 43.2 Å². The average molecular weight is 354 g/mol. The second-order valence-corrected chi connectivity index (χ2v) is 6.20. The van der Waals surface area contributed by atoms with Crippen LogP contribution in [0, 0.1) is 5.92 Å². The predicted octanol–water partition coefficient (Wildman–Crippen LogP) is 1.70. The summed E-state index contributed by atoms with van der Waals surface area (Å²) in [6, 6.07) is 0. The molecule has 0 amide bonds. The van der Waals surface area contributed by atoms with E-state index in [1.54, 1.807) is 0 Å². The summed E-state index contributed by atoms with van der Waals surface area (Å²) < 4.78 is 96.7. The summed E-state index contributed by atoms with van der Waals surface area (Å²) in [6.07, 6.45) is -10.9. The Balaban J connectivity index is 2.96. The molecule has 1 aliphatic rings. The number of ether oxygens (including phenoxy) is 1. The fourth-order valence-corrected chi connectivity index (χ4v) is 2.30. The first-order valence-electron chi connectivity index (χ1n) is 5.90. The monoisotopic (exact) mass is 354 g/mol. The lowest BCUT2D eigenvalue weighted by Crippen LogP contribution is -2.52. The summed E-state index contributed by atoms with van der Waals surface area (Å²) in [7, 11) is -6.45. The lowest BCUT2D eigenvalue weighted by atomic mass is 9.88. The van der Waals surface area contributed by atoms with Crippen LogP contribution < -0.4 is 0 Å². The van der Waals surface area contributed by atoms with Gasteiger partial charge in [-0.25, -0.2) is 0 Å². The number of halogens is 5. The van der Waals surface area contributed by atoms with Gasteiger partial charge in [0.05, 0.1) is 5.92 Å². The van der Waals surface area contributed by atoms with Crippen LogP contribution in [0.15, 0.2) is 0 Å². The molecule has 0 radical (unpaired) electrons. The molecule has 1 saturated carbocycles. The number of Topliss-reactive ketones (excluding diaryl/α,β-unsaturated/α-hetero) is 1. The number of carbonyl (C=O) groups is 2. The second kappa shape index (κ2) is 6.07. The third-order valence-electron chi connectivity index (χ3n) is 3.06. The highest BCUT2D eigenvalue weighted by atomic mass is 32.2. The third kappa shape index (κ3) is 4.12. The van der Waals surface area contributed by atoms with Crippen molar-refractivity contribution in [2.24, 2.45) is 5.92 Å². The van der Waals surface area contributed by atoms with Crippen molar-refractivity contribution >= 4 is 21.9 Å². The Bertz CT molecular complexity index is 545. The Kier molecular flexibility index (Phi) is 5.17. The largest absolute Gasteiger partial charge is 0.444 e. The molecule has 1 rings (SSSR count). The molecule has 0 aromatic carbocycles. The SMILES string of the molecule is O=C1CCC(C(=O)OC(C(F)(F)F)C(F)(F)S(=O)(=O)O)CC1. The van der Waals surface area contributed by atoms with Gasteiger partial charge in [-0.05, 0) is 12.8 Å². The number of alkyl halides is 5. The molecule has 128 valence electrons. The maximum absolute atomic E-state index is 13.2. The Morgan fingerprint density at radius 2 is 1.64 bits per heavy atom. The van der Waals surface area contributed by atoms with Crippen molar-refractivity contribution in [3.63, 3.8) is 0 Å². The standard InChI is InChI=1S/C10H11F5O6S/c11-9(12,13)8(10(14,15)22(18,19)20)21-7(17)5-1-3-6(16)4-2-5/h5,8H,1-4H2,(H,18,19,20). The van der Waals surface area contributed by atoms with E-state index in [1.165, 1.54) is 0 Å². The summed E-state index contributed by atoms with van der Waals surface area (Å²) >= 11 is 0. The molecule has 0 heterocycles. The molecule has 0 aromatic heterocycles. The quantitative estimate of drug-likeness (QED) is 0.469. The second-order valence-electron chi connectivity index (χ2n) is 4.71. The van der Waals surface area contributed by atoms with E-state index in [0.717, 1.165) is 0 Å². The molecular formula is C10H11F5O6S. The van der Waals surface area contributed by atoms with E-state index in [-0.39, 0.29) is 31.5 Å². The van der Waals surface area contributed by atoms with E-state index in [9.17, 15) is 40.0 Å². The van der Waals surface area contributed by atoms with Crippen molar-refractivity contribution < 1.29 is 49.2 Å². The Hall–Kier alpha value is -1.30. The summed E-state index contributed by atoms with van der Waals surface area (Å²) in [6.45, 7) is 0. The molecule has 0 bridgehead atoms. The summed E-state index contributed by atoms with van der Waals surface area (Å²) in [5, 5.41) is -5.74. The fraction of sp³-hybridized carbons (Fsp3) is 0.800. The van der Waals surface area contributed by atoms with Crippen LogP contribution in [-0.4, -0.2) is 42.3 Å². The molecule has 1 aliphatic carbocycles. The molecule has 1 unspecified atom stereocenters. The lowest BCUT2D eigenvalue weighted by Gasteiger charge is -2.28. The lowest BCUT2D eigenvalue weighted by molar-refractivity contribution is -0.261. The summed E-state index contributed by atoms with van der Waals surface area (Å²) in [4.78, 5) is 22.4. The molecule has 1 fully saturated rings. The van der Waals surface area contributed by atoms with Gasteiger partial charge < -0.3 is 4.74 Å². The van der Waals surface area contributed by atoms with Gasteiger partial charge in [0.15, 0.2) is 0 Å². The molecule has 0 aromatic rings. The van der Waals surface area contributed by atoms with Gasteiger partial charge in [-0.15, -0.1) is 0 Å². The first-order chi connectivity index (χ1) is 9.76. The summed E-state index contributed by atoms with van der Waals surface area (Å²) in [5.41, 5.74) is 0. The molecule has 1 atom stereocenters. The van der Waals surface area contributed by atoms with Crippen LogP contribution in [0.3, 0.4) is 0 Å². The minimum atomic E-state index is -6.45. The minimum absolute atomic E-state index is 0.120. The molecule has 0 aliphatic heterocycles. The van der Waals surface area contributed by atoms with Crippen molar-refractivity contribution in [3.05, 3.63) is 0 Å². The fourth-order valence-electron chi connectivity index (χ4n) is 1.85. The number of ketones is 1. The van der Waals surface area contributed by atoms with Crippen molar-refractivity contribution in [3.8, 4) is 0 Å². The molecule has 1 N–H and O–H groups in total. The number of hydrogen-bond acceptors (Lipinski definition) is 5. The van der Waals surface area contributed by atoms with E-state index in [4.69, 9.17) is 4.55 Å². The number of carbonyl (C=O) groups excluding carboxylic acids is 2. The number of rotatable bonds is 4. The van der Waals surface area contributed by atoms with E-state index < -0.39 is 39.5 Å². The highest BCUT2D eigenvalue weighted by Crippen LogP contribution is 2.39. The zero-order valence-electron chi connectivity index (χ0n) is 10.8. The molecule has 6 nitrogen and oxygen atoms in total. The van der Waals surface area contributed by atoms with Gasteiger partial charge in [-0.2, -0.15) is 30.4 Å². The molecular weight excluding hydrogens is 343 g/mol. The van der Waals surface area contributed by atoms with Crippen molar-refractivity contribution in [1.29, 1.82) is 0 Å². The zero-order valence-corrected chi connectivity index (χ0v) is 11.6. The predicted molar refractivity (Wildman–Crippen MR) is 59.4 cm³/mol. The van der Waals surface area contributed by atoms with Crippen LogP contribution >= 0.6 is 0 Å². The van der Waals surface area contributed by atoms with Crippen LogP contribution in [0.4, 0.5) is 22.0 Å². The molecule has 0 saturated heterocycles. The first kappa shape index (κ1) is 18.7. The maximum Gasteiger partial charge on any atom is 0.432 e. The number of esters is 1. The highest BCUT2D eigenvalue weighted by Gasteiger charge is 2.66. The summed E-state index contributed by atoms with van der Waals surface area (Å²) in [5.74, 6) is -3.16. The Labute approximate surface area is 121 Å². The van der Waals surface area contributed by atoms with Crippen LogP contribution in [0.25, 0.3) is 0 Å². The third-order valence-corrected chi connectivity index (χ3v) is 3.96. The van der Waals surface area contributed by atoms with Crippen LogP contribution in [0.1, 0.15) is 25.7 Å². The highest BCUT2D eigenvalue weighted by molar-refractivity contribution is 7.86. The van der Waals surface area contributed by atoms with E-state index >= 15 is 0 Å².